The molecule has 5 nitrogen and oxygen atoms in total. The first-order valence-corrected chi connectivity index (χ1v) is 9.48. The Bertz CT molecular complexity index is 851. The molecule has 25 heavy (non-hydrogen) atoms. The number of ether oxygens (including phenoxy) is 1. The van der Waals surface area contributed by atoms with Gasteiger partial charge in [0.05, 0.1) is 0 Å². The van der Waals surface area contributed by atoms with Crippen LogP contribution in [-0.2, 0) is 12.4 Å². The minimum absolute atomic E-state index is 0.478. The Labute approximate surface area is 155 Å². The molecule has 0 bridgehead atoms. The van der Waals surface area contributed by atoms with Gasteiger partial charge in [-0.2, -0.15) is 0 Å². The number of aromatic nitrogens is 4. The van der Waals surface area contributed by atoms with E-state index >= 15 is 0 Å². The largest absolute Gasteiger partial charge is 0.489 e. The SMILES string of the molecule is Clc1ccc(OCc2cccnc2)c(CSc2nncn2C2CC2)c1. The minimum atomic E-state index is 0.478. The van der Waals surface area contributed by atoms with Crippen molar-refractivity contribution in [3.05, 3.63) is 65.2 Å². The van der Waals surface area contributed by atoms with Gasteiger partial charge in [0.15, 0.2) is 5.16 Å². The number of hydrogen-bond donors (Lipinski definition) is 0. The predicted molar refractivity (Wildman–Crippen MR) is 97.9 cm³/mol. The van der Waals surface area contributed by atoms with E-state index < -0.39 is 0 Å². The lowest BCUT2D eigenvalue weighted by Crippen LogP contribution is -1.99. The fraction of sp³-hybridized carbons (Fsp3) is 0.278. The quantitative estimate of drug-likeness (QED) is 0.570. The zero-order valence-electron chi connectivity index (χ0n) is 13.5. The molecule has 1 fully saturated rings. The summed E-state index contributed by atoms with van der Waals surface area (Å²) in [6.45, 7) is 0.478. The van der Waals surface area contributed by atoms with Gasteiger partial charge in [0, 0.05) is 40.3 Å². The van der Waals surface area contributed by atoms with Crippen molar-refractivity contribution in [3.63, 3.8) is 0 Å². The van der Waals surface area contributed by atoms with E-state index in [2.05, 4.69) is 19.7 Å². The zero-order chi connectivity index (χ0) is 17.1. The van der Waals surface area contributed by atoms with Crippen molar-refractivity contribution in [3.8, 4) is 5.75 Å². The molecule has 1 aromatic carbocycles. The molecule has 0 amide bonds. The molecule has 7 heteroatoms. The zero-order valence-corrected chi connectivity index (χ0v) is 15.1. The Kier molecular flexibility index (Phi) is 4.90. The van der Waals surface area contributed by atoms with Gasteiger partial charge in [0.1, 0.15) is 18.7 Å². The number of benzene rings is 1. The highest BCUT2D eigenvalue weighted by Crippen LogP contribution is 2.38. The molecule has 0 radical (unpaired) electrons. The summed E-state index contributed by atoms with van der Waals surface area (Å²) >= 11 is 7.84. The van der Waals surface area contributed by atoms with E-state index in [0.717, 1.165) is 27.8 Å². The third-order valence-corrected chi connectivity index (χ3v) is 5.22. The van der Waals surface area contributed by atoms with Crippen LogP contribution in [0.1, 0.15) is 30.0 Å². The van der Waals surface area contributed by atoms with Gasteiger partial charge in [-0.25, -0.2) is 0 Å². The fourth-order valence-electron chi connectivity index (χ4n) is 2.53. The number of rotatable bonds is 7. The predicted octanol–water partition coefficient (Wildman–Crippen LogP) is 4.53. The lowest BCUT2D eigenvalue weighted by Gasteiger charge is -2.12. The number of pyridine rings is 1. The highest BCUT2D eigenvalue weighted by Gasteiger charge is 2.26. The maximum Gasteiger partial charge on any atom is 0.191 e. The van der Waals surface area contributed by atoms with Crippen molar-refractivity contribution in [1.29, 1.82) is 0 Å². The Morgan fingerprint density at radius 2 is 2.20 bits per heavy atom. The maximum absolute atomic E-state index is 6.18. The monoisotopic (exact) mass is 372 g/mol. The van der Waals surface area contributed by atoms with E-state index in [4.69, 9.17) is 16.3 Å². The Balaban J connectivity index is 1.46. The van der Waals surface area contributed by atoms with Gasteiger partial charge in [-0.05, 0) is 37.1 Å². The highest BCUT2D eigenvalue weighted by atomic mass is 35.5. The number of halogens is 1. The molecule has 0 N–H and O–H groups in total. The molecule has 1 saturated carbocycles. The molecule has 2 heterocycles. The molecular formula is C18H17ClN4OS. The van der Waals surface area contributed by atoms with Crippen molar-refractivity contribution < 1.29 is 4.74 Å². The Hall–Kier alpha value is -2.05. The van der Waals surface area contributed by atoms with E-state index in [-0.39, 0.29) is 0 Å². The van der Waals surface area contributed by atoms with Gasteiger partial charge in [-0.3, -0.25) is 4.98 Å². The van der Waals surface area contributed by atoms with Gasteiger partial charge in [-0.15, -0.1) is 10.2 Å². The van der Waals surface area contributed by atoms with Gasteiger partial charge in [0.2, 0.25) is 0 Å². The van der Waals surface area contributed by atoms with Crippen molar-refractivity contribution in [1.82, 2.24) is 19.7 Å². The summed E-state index contributed by atoms with van der Waals surface area (Å²) < 4.78 is 8.14. The van der Waals surface area contributed by atoms with Gasteiger partial charge < -0.3 is 9.30 Å². The standard InChI is InChI=1S/C18H17ClN4OS/c19-15-3-6-17(24-10-13-2-1-7-20-9-13)14(8-15)11-25-18-22-21-12-23(18)16-4-5-16/h1-3,6-9,12,16H,4-5,10-11H2. The number of nitrogens with zero attached hydrogens (tertiary/aromatic N) is 4. The summed E-state index contributed by atoms with van der Waals surface area (Å²) in [5, 5.41) is 9.92. The van der Waals surface area contributed by atoms with E-state index in [0.29, 0.717) is 17.7 Å². The summed E-state index contributed by atoms with van der Waals surface area (Å²) in [4.78, 5) is 4.11. The van der Waals surface area contributed by atoms with Crippen molar-refractivity contribution in [2.75, 3.05) is 0 Å². The number of hydrogen-bond acceptors (Lipinski definition) is 5. The molecule has 0 saturated heterocycles. The van der Waals surface area contributed by atoms with Gasteiger partial charge in [0.25, 0.3) is 0 Å². The van der Waals surface area contributed by atoms with Crippen LogP contribution in [-0.4, -0.2) is 19.7 Å². The van der Waals surface area contributed by atoms with Gasteiger partial charge in [-0.1, -0.05) is 29.4 Å². The van der Waals surface area contributed by atoms with Crippen LogP contribution in [0.3, 0.4) is 0 Å². The average molecular weight is 373 g/mol. The number of thioether (sulfide) groups is 1. The smallest absolute Gasteiger partial charge is 0.191 e. The molecule has 4 rings (SSSR count). The first-order chi connectivity index (χ1) is 12.3. The van der Waals surface area contributed by atoms with Crippen LogP contribution in [0.4, 0.5) is 0 Å². The van der Waals surface area contributed by atoms with Crippen LogP contribution < -0.4 is 4.74 Å². The van der Waals surface area contributed by atoms with Crippen LogP contribution in [0.25, 0.3) is 0 Å². The molecular weight excluding hydrogens is 356 g/mol. The van der Waals surface area contributed by atoms with E-state index in [9.17, 15) is 0 Å². The fourth-order valence-corrected chi connectivity index (χ4v) is 3.68. The first-order valence-electron chi connectivity index (χ1n) is 8.12. The molecule has 0 spiro atoms. The van der Waals surface area contributed by atoms with E-state index in [1.807, 2.05) is 42.9 Å². The summed E-state index contributed by atoms with van der Waals surface area (Å²) in [5.74, 6) is 1.56. The van der Waals surface area contributed by atoms with Crippen LogP contribution in [0.5, 0.6) is 5.75 Å². The van der Waals surface area contributed by atoms with Crippen molar-refractivity contribution in [2.24, 2.45) is 0 Å². The maximum atomic E-state index is 6.18. The Morgan fingerprint density at radius 3 is 3.00 bits per heavy atom. The highest BCUT2D eigenvalue weighted by molar-refractivity contribution is 7.98. The summed E-state index contributed by atoms with van der Waals surface area (Å²) in [5.41, 5.74) is 2.08. The average Bonchev–Trinajstić information content (AvgIpc) is 3.38. The first kappa shape index (κ1) is 16.4. The summed E-state index contributed by atoms with van der Waals surface area (Å²) in [7, 11) is 0. The normalized spacial score (nSPS) is 13.8. The summed E-state index contributed by atoms with van der Waals surface area (Å²) in [6, 6.07) is 10.2. The molecule has 1 aliphatic carbocycles. The van der Waals surface area contributed by atoms with Gasteiger partial charge >= 0.3 is 0 Å². The van der Waals surface area contributed by atoms with Crippen LogP contribution in [0.15, 0.2) is 54.2 Å². The third-order valence-electron chi connectivity index (χ3n) is 3.98. The lowest BCUT2D eigenvalue weighted by atomic mass is 10.2. The van der Waals surface area contributed by atoms with E-state index in [1.165, 1.54) is 12.8 Å². The third kappa shape index (κ3) is 4.14. The second-order valence-corrected chi connectivity index (χ2v) is 7.32. The van der Waals surface area contributed by atoms with Crippen molar-refractivity contribution >= 4 is 23.4 Å². The molecule has 0 unspecified atom stereocenters. The van der Waals surface area contributed by atoms with Crippen molar-refractivity contribution in [2.45, 2.75) is 36.4 Å². The van der Waals surface area contributed by atoms with E-state index in [1.54, 1.807) is 18.0 Å². The van der Waals surface area contributed by atoms with Crippen LogP contribution in [0, 0.1) is 0 Å². The molecule has 0 aliphatic heterocycles. The topological polar surface area (TPSA) is 52.8 Å². The Morgan fingerprint density at radius 1 is 1.28 bits per heavy atom. The van der Waals surface area contributed by atoms with Crippen LogP contribution >= 0.6 is 23.4 Å². The minimum Gasteiger partial charge on any atom is -0.489 e. The summed E-state index contributed by atoms with van der Waals surface area (Å²) in [6.07, 6.45) is 7.80. The molecule has 2 aromatic heterocycles. The molecule has 3 aromatic rings. The second kappa shape index (κ2) is 7.45. The molecule has 0 atom stereocenters. The second-order valence-electron chi connectivity index (χ2n) is 5.94. The molecule has 1 aliphatic rings. The van der Waals surface area contributed by atoms with Crippen LogP contribution in [0.2, 0.25) is 5.02 Å². The molecule has 128 valence electrons. The lowest BCUT2D eigenvalue weighted by molar-refractivity contribution is 0.303.